The largest absolute Gasteiger partial charge is 0.383 e. The lowest BCUT2D eigenvalue weighted by molar-refractivity contribution is -0.141. The zero-order valence-corrected chi connectivity index (χ0v) is 12.7. The first kappa shape index (κ1) is 15.4. The van der Waals surface area contributed by atoms with Gasteiger partial charge in [0.1, 0.15) is 0 Å². The molecule has 114 valence electrons. The van der Waals surface area contributed by atoms with Crippen molar-refractivity contribution < 1.29 is 14.3 Å². The summed E-state index contributed by atoms with van der Waals surface area (Å²) in [4.78, 5) is 26.3. The van der Waals surface area contributed by atoms with Gasteiger partial charge in [0.2, 0.25) is 11.8 Å². The van der Waals surface area contributed by atoms with Gasteiger partial charge in [0.15, 0.2) is 0 Å². The number of imide groups is 1. The molecule has 0 aromatic rings. The zero-order valence-electron chi connectivity index (χ0n) is 12.7. The normalized spacial score (nSPS) is 30.9. The van der Waals surface area contributed by atoms with E-state index in [2.05, 4.69) is 12.2 Å². The zero-order chi connectivity index (χ0) is 14.7. The van der Waals surface area contributed by atoms with Gasteiger partial charge in [-0.1, -0.05) is 20.3 Å². The first-order chi connectivity index (χ1) is 9.62. The third-order valence-corrected chi connectivity index (χ3v) is 4.67. The van der Waals surface area contributed by atoms with Gasteiger partial charge < -0.3 is 10.1 Å². The quantitative estimate of drug-likeness (QED) is 0.709. The number of likely N-dealkylation sites (tertiary alicyclic amines) is 1. The molecule has 2 aliphatic rings. The molecule has 2 fully saturated rings. The number of likely N-dealkylation sites (N-methyl/N-ethyl adjacent to an activating group) is 1. The maximum absolute atomic E-state index is 12.4. The number of ether oxygens (including phenoxy) is 1. The lowest BCUT2D eigenvalue weighted by Gasteiger charge is -2.24. The van der Waals surface area contributed by atoms with Crippen LogP contribution in [0, 0.1) is 17.8 Å². The molecule has 2 amide bonds. The van der Waals surface area contributed by atoms with Crippen LogP contribution in [0.1, 0.15) is 33.1 Å². The topological polar surface area (TPSA) is 58.6 Å². The summed E-state index contributed by atoms with van der Waals surface area (Å²) >= 11 is 0. The highest BCUT2D eigenvalue weighted by atomic mass is 16.5. The van der Waals surface area contributed by atoms with E-state index in [1.165, 1.54) is 4.90 Å². The van der Waals surface area contributed by atoms with Crippen molar-refractivity contribution >= 4 is 11.8 Å². The van der Waals surface area contributed by atoms with Crippen molar-refractivity contribution in [3.05, 3.63) is 0 Å². The lowest BCUT2D eigenvalue weighted by Crippen LogP contribution is -2.46. The van der Waals surface area contributed by atoms with E-state index in [0.29, 0.717) is 19.1 Å². The van der Waals surface area contributed by atoms with E-state index in [9.17, 15) is 9.59 Å². The van der Waals surface area contributed by atoms with Crippen molar-refractivity contribution in [3.8, 4) is 0 Å². The van der Waals surface area contributed by atoms with Crippen LogP contribution in [0.15, 0.2) is 0 Å². The molecular formula is C15H26N2O3. The van der Waals surface area contributed by atoms with Crippen molar-refractivity contribution in [1.29, 1.82) is 0 Å². The summed E-state index contributed by atoms with van der Waals surface area (Å²) in [6, 6.07) is 0.0266. The minimum Gasteiger partial charge on any atom is -0.383 e. The highest BCUT2D eigenvalue weighted by molar-refractivity contribution is 6.05. The molecule has 1 aliphatic heterocycles. The van der Waals surface area contributed by atoms with Crippen LogP contribution in [0.4, 0.5) is 0 Å². The number of carbonyl (C=O) groups is 2. The van der Waals surface area contributed by atoms with Crippen molar-refractivity contribution in [2.45, 2.75) is 39.2 Å². The van der Waals surface area contributed by atoms with Crippen LogP contribution in [0.5, 0.6) is 0 Å². The minimum atomic E-state index is -0.0581. The van der Waals surface area contributed by atoms with Gasteiger partial charge in [0.05, 0.1) is 18.4 Å². The highest BCUT2D eigenvalue weighted by Gasteiger charge is 2.52. The second-order valence-electron chi connectivity index (χ2n) is 5.96. The van der Waals surface area contributed by atoms with Crippen LogP contribution in [-0.2, 0) is 14.3 Å². The Hall–Kier alpha value is -0.940. The molecule has 1 aliphatic carbocycles. The summed E-state index contributed by atoms with van der Waals surface area (Å²) in [5, 5.41) is 3.27. The first-order valence-electron chi connectivity index (χ1n) is 7.69. The highest BCUT2D eigenvalue weighted by Crippen LogP contribution is 2.44. The first-order valence-corrected chi connectivity index (χ1v) is 7.69. The standard InChI is InChI=1S/C15H26N2O3/c1-4-10-6-12-13(7-10)15(19)17(14(12)18)8-11(9-20-3)16-5-2/h10-13,16H,4-9H2,1-3H3. The molecule has 0 radical (unpaired) electrons. The van der Waals surface area contributed by atoms with E-state index in [-0.39, 0.29) is 29.7 Å². The van der Waals surface area contributed by atoms with Gasteiger partial charge in [-0.15, -0.1) is 0 Å². The van der Waals surface area contributed by atoms with Gasteiger partial charge in [-0.3, -0.25) is 14.5 Å². The van der Waals surface area contributed by atoms with Gasteiger partial charge in [-0.05, 0) is 25.3 Å². The molecular weight excluding hydrogens is 256 g/mol. The molecule has 20 heavy (non-hydrogen) atoms. The van der Waals surface area contributed by atoms with Gasteiger partial charge in [-0.25, -0.2) is 0 Å². The third kappa shape index (κ3) is 2.88. The molecule has 3 unspecified atom stereocenters. The van der Waals surface area contributed by atoms with Gasteiger partial charge >= 0.3 is 0 Å². The Bertz CT molecular complexity index is 342. The van der Waals surface area contributed by atoms with Crippen LogP contribution >= 0.6 is 0 Å². The number of nitrogens with one attached hydrogen (secondary N) is 1. The fourth-order valence-electron chi connectivity index (χ4n) is 3.60. The molecule has 1 N–H and O–H groups in total. The number of rotatable bonds is 7. The van der Waals surface area contributed by atoms with E-state index in [0.717, 1.165) is 25.8 Å². The van der Waals surface area contributed by atoms with E-state index < -0.39 is 0 Å². The summed E-state index contributed by atoms with van der Waals surface area (Å²) in [5.74, 6) is 0.503. The lowest BCUT2D eigenvalue weighted by atomic mass is 10.00. The summed E-state index contributed by atoms with van der Waals surface area (Å²) in [7, 11) is 1.64. The molecule has 3 atom stereocenters. The van der Waals surface area contributed by atoms with E-state index >= 15 is 0 Å². The van der Waals surface area contributed by atoms with Crippen LogP contribution < -0.4 is 5.32 Å². The Labute approximate surface area is 121 Å². The Morgan fingerprint density at radius 2 is 1.85 bits per heavy atom. The van der Waals surface area contributed by atoms with E-state index in [4.69, 9.17) is 4.74 Å². The molecule has 1 saturated carbocycles. The summed E-state index contributed by atoms with van der Waals surface area (Å²) in [5.41, 5.74) is 0. The number of nitrogens with zero attached hydrogens (tertiary/aromatic N) is 1. The Kier molecular flexibility index (Phi) is 5.16. The monoisotopic (exact) mass is 282 g/mol. The molecule has 0 aromatic heterocycles. The maximum atomic E-state index is 12.4. The second kappa shape index (κ2) is 6.68. The smallest absolute Gasteiger partial charge is 0.233 e. The van der Waals surface area contributed by atoms with Crippen LogP contribution in [0.3, 0.4) is 0 Å². The van der Waals surface area contributed by atoms with Crippen molar-refractivity contribution in [2.75, 3.05) is 26.8 Å². The van der Waals surface area contributed by atoms with Crippen LogP contribution in [0.2, 0.25) is 0 Å². The summed E-state index contributed by atoms with van der Waals surface area (Å²) < 4.78 is 5.15. The third-order valence-electron chi connectivity index (χ3n) is 4.67. The van der Waals surface area contributed by atoms with Gasteiger partial charge in [0.25, 0.3) is 0 Å². The van der Waals surface area contributed by atoms with Crippen molar-refractivity contribution in [1.82, 2.24) is 10.2 Å². The summed E-state index contributed by atoms with van der Waals surface area (Å²) in [6.07, 6.45) is 2.84. The molecule has 5 heteroatoms. The Morgan fingerprint density at radius 1 is 1.25 bits per heavy atom. The van der Waals surface area contributed by atoms with E-state index in [1.54, 1.807) is 7.11 Å². The number of hydrogen-bond donors (Lipinski definition) is 1. The molecule has 1 saturated heterocycles. The number of amides is 2. The average Bonchev–Trinajstić information content (AvgIpc) is 2.95. The maximum Gasteiger partial charge on any atom is 0.233 e. The van der Waals surface area contributed by atoms with Crippen molar-refractivity contribution in [2.24, 2.45) is 17.8 Å². The van der Waals surface area contributed by atoms with E-state index in [1.807, 2.05) is 6.92 Å². The number of fused-ring (bicyclic) bond motifs is 1. The average molecular weight is 282 g/mol. The summed E-state index contributed by atoms with van der Waals surface area (Å²) in [6.45, 7) is 5.89. The molecule has 0 spiro atoms. The van der Waals surface area contributed by atoms with Gasteiger partial charge in [-0.2, -0.15) is 0 Å². The molecule has 0 aromatic carbocycles. The molecule has 2 rings (SSSR count). The fraction of sp³-hybridized carbons (Fsp3) is 0.867. The second-order valence-corrected chi connectivity index (χ2v) is 5.96. The molecule has 0 bridgehead atoms. The molecule has 5 nitrogen and oxygen atoms in total. The van der Waals surface area contributed by atoms with Crippen LogP contribution in [0.25, 0.3) is 0 Å². The van der Waals surface area contributed by atoms with Gasteiger partial charge in [0, 0.05) is 19.7 Å². The fourth-order valence-corrected chi connectivity index (χ4v) is 3.60. The number of carbonyl (C=O) groups excluding carboxylic acids is 2. The number of hydrogen-bond acceptors (Lipinski definition) is 4. The number of methoxy groups -OCH3 is 1. The minimum absolute atomic E-state index is 0.0266. The molecule has 1 heterocycles. The Balaban J connectivity index is 2.00. The Morgan fingerprint density at radius 3 is 2.30 bits per heavy atom. The predicted octanol–water partition coefficient (Wildman–Crippen LogP) is 1.03. The SMILES string of the molecule is CCNC(COC)CN1C(=O)C2CC(CC)CC2C1=O. The predicted molar refractivity (Wildman–Crippen MR) is 76.1 cm³/mol. The van der Waals surface area contributed by atoms with Crippen LogP contribution in [-0.4, -0.2) is 49.6 Å². The van der Waals surface area contributed by atoms with Crippen molar-refractivity contribution in [3.63, 3.8) is 0 Å².